The van der Waals surface area contributed by atoms with Gasteiger partial charge in [-0.25, -0.2) is 15.0 Å². The summed E-state index contributed by atoms with van der Waals surface area (Å²) in [6, 6.07) is 3.90. The Morgan fingerprint density at radius 1 is 1.18 bits per heavy atom. The van der Waals surface area contributed by atoms with E-state index in [0.717, 1.165) is 48.1 Å². The molecule has 0 spiro atoms. The van der Waals surface area contributed by atoms with E-state index in [1.165, 1.54) is 5.56 Å². The van der Waals surface area contributed by atoms with Crippen LogP contribution in [0, 0.1) is 0 Å². The van der Waals surface area contributed by atoms with Crippen LogP contribution in [0.1, 0.15) is 16.3 Å². The zero-order valence-electron chi connectivity index (χ0n) is 12.0. The second-order valence-corrected chi connectivity index (χ2v) is 6.27. The maximum Gasteiger partial charge on any atom is 0.160 e. The van der Waals surface area contributed by atoms with Gasteiger partial charge in [0, 0.05) is 60.8 Å². The minimum atomic E-state index is 0.764. The Labute approximate surface area is 132 Å². The number of thiazole rings is 1. The van der Waals surface area contributed by atoms with Crippen molar-refractivity contribution in [3.63, 3.8) is 0 Å². The quantitative estimate of drug-likeness (QED) is 0.744. The highest BCUT2D eigenvalue weighted by molar-refractivity contribution is 7.09. The highest BCUT2D eigenvalue weighted by Gasteiger charge is 2.19. The van der Waals surface area contributed by atoms with E-state index in [1.54, 1.807) is 23.7 Å². The molecule has 3 aromatic rings. The molecule has 6 heteroatoms. The first-order chi connectivity index (χ1) is 10.9. The first-order valence-corrected chi connectivity index (χ1v) is 8.12. The zero-order chi connectivity index (χ0) is 14.8. The van der Waals surface area contributed by atoms with Gasteiger partial charge >= 0.3 is 0 Å². The summed E-state index contributed by atoms with van der Waals surface area (Å²) in [5, 5.41) is 3.19. The monoisotopic (exact) mass is 309 g/mol. The summed E-state index contributed by atoms with van der Waals surface area (Å²) in [5.74, 6) is 0.764. The van der Waals surface area contributed by atoms with Gasteiger partial charge in [0.25, 0.3) is 0 Å². The number of hydrogen-bond acceptors (Lipinski definition) is 6. The van der Waals surface area contributed by atoms with Crippen LogP contribution in [0.15, 0.2) is 42.3 Å². The first kappa shape index (κ1) is 13.5. The van der Waals surface area contributed by atoms with Gasteiger partial charge in [0.05, 0.1) is 12.2 Å². The zero-order valence-corrected chi connectivity index (χ0v) is 12.8. The summed E-state index contributed by atoms with van der Waals surface area (Å²) in [6.45, 7) is 2.81. The summed E-state index contributed by atoms with van der Waals surface area (Å²) in [5.41, 5.74) is 3.34. The normalized spacial score (nSPS) is 14.7. The molecule has 4 rings (SSSR count). The number of nitrogens with zero attached hydrogens (tertiary/aromatic N) is 5. The largest absolute Gasteiger partial charge is 0.292 e. The van der Waals surface area contributed by atoms with E-state index in [-0.39, 0.29) is 0 Å². The van der Waals surface area contributed by atoms with Gasteiger partial charge in [-0.3, -0.25) is 9.88 Å². The topological polar surface area (TPSA) is 54.8 Å². The molecule has 0 fully saturated rings. The minimum Gasteiger partial charge on any atom is -0.292 e. The van der Waals surface area contributed by atoms with Crippen LogP contribution in [0.4, 0.5) is 0 Å². The summed E-state index contributed by atoms with van der Waals surface area (Å²) < 4.78 is 0. The molecule has 0 N–H and O–H groups in total. The number of pyridine rings is 1. The highest BCUT2D eigenvalue weighted by Crippen LogP contribution is 2.22. The Bertz CT molecular complexity index is 757. The van der Waals surface area contributed by atoms with Gasteiger partial charge < -0.3 is 0 Å². The molecule has 4 heterocycles. The lowest BCUT2D eigenvalue weighted by molar-refractivity contribution is 0.242. The molecule has 1 aliphatic rings. The van der Waals surface area contributed by atoms with Gasteiger partial charge in [0.1, 0.15) is 5.01 Å². The summed E-state index contributed by atoms with van der Waals surface area (Å²) >= 11 is 1.71. The SMILES string of the molecule is c1cncc(-c2ncc3c(n2)CCN(Cc2nccs2)C3)c1. The van der Waals surface area contributed by atoms with Crippen molar-refractivity contribution in [2.75, 3.05) is 6.54 Å². The summed E-state index contributed by atoms with van der Waals surface area (Å²) in [6.07, 6.45) is 8.34. The van der Waals surface area contributed by atoms with Crippen LogP contribution in [0.5, 0.6) is 0 Å². The molecule has 0 radical (unpaired) electrons. The Morgan fingerprint density at radius 3 is 3.00 bits per heavy atom. The van der Waals surface area contributed by atoms with Crippen LogP contribution in [-0.4, -0.2) is 31.4 Å². The fourth-order valence-electron chi connectivity index (χ4n) is 2.67. The Kier molecular flexibility index (Phi) is 3.62. The van der Waals surface area contributed by atoms with Crippen molar-refractivity contribution in [2.45, 2.75) is 19.5 Å². The molecule has 0 saturated heterocycles. The van der Waals surface area contributed by atoms with Crippen molar-refractivity contribution < 1.29 is 0 Å². The van der Waals surface area contributed by atoms with Crippen LogP contribution in [-0.2, 0) is 19.5 Å². The van der Waals surface area contributed by atoms with Gasteiger partial charge in [-0.05, 0) is 12.1 Å². The fourth-order valence-corrected chi connectivity index (χ4v) is 3.32. The average Bonchev–Trinajstić information content (AvgIpc) is 3.08. The number of fused-ring (bicyclic) bond motifs is 1. The molecule has 22 heavy (non-hydrogen) atoms. The van der Waals surface area contributed by atoms with Crippen molar-refractivity contribution >= 4 is 11.3 Å². The first-order valence-electron chi connectivity index (χ1n) is 7.24. The van der Waals surface area contributed by atoms with Crippen LogP contribution >= 0.6 is 11.3 Å². The molecule has 5 nitrogen and oxygen atoms in total. The third kappa shape index (κ3) is 2.75. The predicted molar refractivity (Wildman–Crippen MR) is 85.2 cm³/mol. The molecule has 1 aliphatic heterocycles. The van der Waals surface area contributed by atoms with Gasteiger partial charge in [-0.2, -0.15) is 0 Å². The minimum absolute atomic E-state index is 0.764. The number of rotatable bonds is 3. The predicted octanol–water partition coefficient (Wildman–Crippen LogP) is 2.55. The lowest BCUT2D eigenvalue weighted by Crippen LogP contribution is -2.30. The Hall–Kier alpha value is -2.18. The Morgan fingerprint density at radius 2 is 2.18 bits per heavy atom. The van der Waals surface area contributed by atoms with Crippen molar-refractivity contribution in [1.29, 1.82) is 0 Å². The molecule has 0 unspecified atom stereocenters. The Balaban J connectivity index is 1.54. The third-order valence-electron chi connectivity index (χ3n) is 3.78. The fraction of sp³-hybridized carbons (Fsp3) is 0.250. The summed E-state index contributed by atoms with van der Waals surface area (Å²) in [4.78, 5) is 20.1. The lowest BCUT2D eigenvalue weighted by atomic mass is 10.1. The standard InChI is InChI=1S/C16H15N5S/c1-2-12(8-17-4-1)16-19-9-13-10-21(6-3-14(13)20-16)11-15-18-5-7-22-15/h1-2,4-5,7-9H,3,6,10-11H2. The van der Waals surface area contributed by atoms with E-state index in [2.05, 4.69) is 19.9 Å². The van der Waals surface area contributed by atoms with Gasteiger partial charge in [0.2, 0.25) is 0 Å². The molecule has 3 aromatic heterocycles. The number of hydrogen-bond donors (Lipinski definition) is 0. The van der Waals surface area contributed by atoms with Crippen LogP contribution in [0.25, 0.3) is 11.4 Å². The van der Waals surface area contributed by atoms with Crippen molar-refractivity contribution in [1.82, 2.24) is 24.8 Å². The van der Waals surface area contributed by atoms with Gasteiger partial charge in [-0.1, -0.05) is 0 Å². The molecular weight excluding hydrogens is 294 g/mol. The van der Waals surface area contributed by atoms with Gasteiger partial charge in [0.15, 0.2) is 5.82 Å². The molecule has 0 bridgehead atoms. The average molecular weight is 309 g/mol. The second-order valence-electron chi connectivity index (χ2n) is 5.29. The van der Waals surface area contributed by atoms with Crippen LogP contribution in [0.2, 0.25) is 0 Å². The molecule has 0 atom stereocenters. The molecule has 0 amide bonds. The van der Waals surface area contributed by atoms with E-state index in [9.17, 15) is 0 Å². The van der Waals surface area contributed by atoms with Gasteiger partial charge in [-0.15, -0.1) is 11.3 Å². The lowest BCUT2D eigenvalue weighted by Gasteiger charge is -2.27. The van der Waals surface area contributed by atoms with Crippen LogP contribution < -0.4 is 0 Å². The van der Waals surface area contributed by atoms with Crippen molar-refractivity contribution in [2.24, 2.45) is 0 Å². The maximum absolute atomic E-state index is 4.72. The molecule has 0 saturated carbocycles. The van der Waals surface area contributed by atoms with E-state index in [4.69, 9.17) is 4.98 Å². The van der Waals surface area contributed by atoms with E-state index in [1.807, 2.05) is 29.9 Å². The van der Waals surface area contributed by atoms with Crippen molar-refractivity contribution in [3.05, 3.63) is 58.6 Å². The van der Waals surface area contributed by atoms with E-state index >= 15 is 0 Å². The molecular formula is C16H15N5S. The highest BCUT2D eigenvalue weighted by atomic mass is 32.1. The molecule has 110 valence electrons. The van der Waals surface area contributed by atoms with E-state index in [0.29, 0.717) is 0 Å². The van der Waals surface area contributed by atoms with Crippen LogP contribution in [0.3, 0.4) is 0 Å². The van der Waals surface area contributed by atoms with Crippen molar-refractivity contribution in [3.8, 4) is 11.4 Å². The summed E-state index contributed by atoms with van der Waals surface area (Å²) in [7, 11) is 0. The third-order valence-corrected chi connectivity index (χ3v) is 4.54. The number of aromatic nitrogens is 4. The van der Waals surface area contributed by atoms with E-state index < -0.39 is 0 Å². The maximum atomic E-state index is 4.72. The molecule has 0 aromatic carbocycles. The smallest absolute Gasteiger partial charge is 0.160 e. The second kappa shape index (κ2) is 5.90. The molecule has 0 aliphatic carbocycles.